The summed E-state index contributed by atoms with van der Waals surface area (Å²) in [5.41, 5.74) is 0.967. The third kappa shape index (κ3) is 3.37. The van der Waals surface area contributed by atoms with Gasteiger partial charge in [-0.3, -0.25) is 10.1 Å². The molecule has 0 saturated carbocycles. The summed E-state index contributed by atoms with van der Waals surface area (Å²) in [6.07, 6.45) is 0.205. The largest absolute Gasteiger partial charge is 0.388 e. The third-order valence-electron chi connectivity index (χ3n) is 2.94. The Morgan fingerprint density at radius 2 is 1.85 bits per heavy atom. The highest BCUT2D eigenvalue weighted by Crippen LogP contribution is 2.34. The summed E-state index contributed by atoms with van der Waals surface area (Å²) >= 11 is 1.35. The summed E-state index contributed by atoms with van der Waals surface area (Å²) in [6, 6.07) is 14.1. The van der Waals surface area contributed by atoms with Gasteiger partial charge in [0.05, 0.1) is 15.9 Å². The average Bonchev–Trinajstić information content (AvgIpc) is 2.47. The summed E-state index contributed by atoms with van der Waals surface area (Å²) in [5.74, 6) is 0. The number of para-hydroxylation sites is 1. The minimum atomic E-state index is -0.458. The van der Waals surface area contributed by atoms with Crippen LogP contribution in [0.5, 0.6) is 0 Å². The molecule has 0 radical (unpaired) electrons. The molecule has 1 unspecified atom stereocenters. The lowest BCUT2D eigenvalue weighted by Gasteiger charge is -2.09. The topological polar surface area (TPSA) is 63.4 Å². The second-order valence-electron chi connectivity index (χ2n) is 4.32. The van der Waals surface area contributed by atoms with Crippen LogP contribution in [0.3, 0.4) is 0 Å². The molecule has 4 nitrogen and oxygen atoms in total. The van der Waals surface area contributed by atoms with Crippen molar-refractivity contribution in [3.8, 4) is 0 Å². The maximum absolute atomic E-state index is 11.0. The molecule has 2 aromatic rings. The molecule has 1 atom stereocenters. The number of nitrogens with zero attached hydrogens (tertiary/aromatic N) is 1. The second kappa shape index (κ2) is 6.54. The van der Waals surface area contributed by atoms with Gasteiger partial charge >= 0.3 is 0 Å². The van der Waals surface area contributed by atoms with E-state index in [-0.39, 0.29) is 10.6 Å². The molecule has 0 aromatic heterocycles. The fourth-order valence-corrected chi connectivity index (χ4v) is 2.73. The highest BCUT2D eigenvalue weighted by Gasteiger charge is 2.13. The zero-order valence-corrected chi connectivity index (χ0v) is 11.8. The fourth-order valence-electron chi connectivity index (χ4n) is 1.81. The summed E-state index contributed by atoms with van der Waals surface area (Å²) < 4.78 is 0. The Labute approximate surface area is 121 Å². The Morgan fingerprint density at radius 3 is 2.45 bits per heavy atom. The first-order valence-electron chi connectivity index (χ1n) is 6.31. The monoisotopic (exact) mass is 289 g/mol. The summed E-state index contributed by atoms with van der Waals surface area (Å²) in [6.45, 7) is 1.92. The van der Waals surface area contributed by atoms with Gasteiger partial charge in [0.15, 0.2) is 0 Å². The van der Waals surface area contributed by atoms with Crippen molar-refractivity contribution in [2.75, 3.05) is 0 Å². The number of nitro groups is 1. The van der Waals surface area contributed by atoms with E-state index in [1.54, 1.807) is 18.2 Å². The number of rotatable bonds is 5. The molecule has 5 heteroatoms. The van der Waals surface area contributed by atoms with Crippen molar-refractivity contribution in [1.29, 1.82) is 0 Å². The molecule has 0 fully saturated rings. The van der Waals surface area contributed by atoms with Crippen LogP contribution in [0.15, 0.2) is 58.3 Å². The van der Waals surface area contributed by atoms with Gasteiger partial charge in [0.2, 0.25) is 0 Å². The Balaban J connectivity index is 2.20. The third-order valence-corrected chi connectivity index (χ3v) is 4.01. The molecule has 0 bridgehead atoms. The van der Waals surface area contributed by atoms with Crippen molar-refractivity contribution >= 4 is 17.4 Å². The standard InChI is InChI=1S/C15H15NO3S/c1-2-14(17)11-7-9-12(10-8-11)20-15-6-4-3-5-13(15)16(18)19/h3-10,14,17H,2H2,1H3. The lowest BCUT2D eigenvalue weighted by atomic mass is 10.1. The van der Waals surface area contributed by atoms with E-state index in [1.807, 2.05) is 31.2 Å². The molecule has 0 saturated heterocycles. The van der Waals surface area contributed by atoms with Crippen LogP contribution in [0.25, 0.3) is 0 Å². The molecule has 0 amide bonds. The van der Waals surface area contributed by atoms with Crippen LogP contribution >= 0.6 is 11.8 Å². The number of aliphatic hydroxyl groups is 1. The maximum Gasteiger partial charge on any atom is 0.283 e. The Bertz CT molecular complexity index is 598. The first-order chi connectivity index (χ1) is 9.61. The van der Waals surface area contributed by atoms with Crippen LogP contribution in [0.4, 0.5) is 5.69 Å². The van der Waals surface area contributed by atoms with E-state index in [4.69, 9.17) is 0 Å². The smallest absolute Gasteiger partial charge is 0.283 e. The van der Waals surface area contributed by atoms with Crippen molar-refractivity contribution < 1.29 is 10.0 Å². The van der Waals surface area contributed by atoms with E-state index >= 15 is 0 Å². The number of aliphatic hydroxyl groups excluding tert-OH is 1. The normalized spacial score (nSPS) is 12.1. The van der Waals surface area contributed by atoms with Gasteiger partial charge in [-0.1, -0.05) is 43.0 Å². The molecule has 2 aromatic carbocycles. The fraction of sp³-hybridized carbons (Fsp3) is 0.200. The van der Waals surface area contributed by atoms with Crippen LogP contribution in [0.2, 0.25) is 0 Å². The van der Waals surface area contributed by atoms with Gasteiger partial charge in [-0.05, 0) is 30.2 Å². The van der Waals surface area contributed by atoms with E-state index in [9.17, 15) is 15.2 Å². The van der Waals surface area contributed by atoms with Gasteiger partial charge in [-0.2, -0.15) is 0 Å². The van der Waals surface area contributed by atoms with Gasteiger partial charge in [-0.15, -0.1) is 0 Å². The van der Waals surface area contributed by atoms with E-state index in [0.717, 1.165) is 10.5 Å². The number of hydrogen-bond acceptors (Lipinski definition) is 4. The van der Waals surface area contributed by atoms with E-state index in [2.05, 4.69) is 0 Å². The molecular weight excluding hydrogens is 274 g/mol. The first kappa shape index (κ1) is 14.6. The zero-order valence-electron chi connectivity index (χ0n) is 11.0. The lowest BCUT2D eigenvalue weighted by Crippen LogP contribution is -1.94. The van der Waals surface area contributed by atoms with Gasteiger partial charge in [0, 0.05) is 11.0 Å². The van der Waals surface area contributed by atoms with Crippen molar-refractivity contribution in [3.05, 3.63) is 64.2 Å². The predicted molar refractivity (Wildman–Crippen MR) is 78.9 cm³/mol. The molecule has 104 valence electrons. The van der Waals surface area contributed by atoms with Crippen LogP contribution in [0, 0.1) is 10.1 Å². The van der Waals surface area contributed by atoms with Crippen molar-refractivity contribution in [3.63, 3.8) is 0 Å². The molecule has 1 N–H and O–H groups in total. The molecule has 0 heterocycles. The van der Waals surface area contributed by atoms with Gasteiger partial charge < -0.3 is 5.11 Å². The summed E-state index contributed by atoms with van der Waals surface area (Å²) in [5, 5.41) is 20.7. The molecule has 0 aliphatic heterocycles. The SMILES string of the molecule is CCC(O)c1ccc(Sc2ccccc2[N+](=O)[O-])cc1. The van der Waals surface area contributed by atoms with Crippen LogP contribution in [0.1, 0.15) is 25.0 Å². The van der Waals surface area contributed by atoms with Gasteiger partial charge in [0.25, 0.3) is 5.69 Å². The van der Waals surface area contributed by atoms with E-state index in [0.29, 0.717) is 11.3 Å². The molecule has 20 heavy (non-hydrogen) atoms. The van der Waals surface area contributed by atoms with Crippen LogP contribution in [-0.4, -0.2) is 10.0 Å². The maximum atomic E-state index is 11.0. The first-order valence-corrected chi connectivity index (χ1v) is 7.12. The Morgan fingerprint density at radius 1 is 1.20 bits per heavy atom. The quantitative estimate of drug-likeness (QED) is 0.662. The summed E-state index contributed by atoms with van der Waals surface area (Å²) in [4.78, 5) is 12.1. The molecule has 0 spiro atoms. The Kier molecular flexibility index (Phi) is 4.76. The van der Waals surface area contributed by atoms with E-state index < -0.39 is 6.10 Å². The summed E-state index contributed by atoms with van der Waals surface area (Å²) in [7, 11) is 0. The molecular formula is C15H15NO3S. The van der Waals surface area contributed by atoms with Crippen molar-refractivity contribution in [1.82, 2.24) is 0 Å². The minimum absolute atomic E-state index is 0.107. The van der Waals surface area contributed by atoms with Crippen molar-refractivity contribution in [2.24, 2.45) is 0 Å². The highest BCUT2D eigenvalue weighted by molar-refractivity contribution is 7.99. The van der Waals surface area contributed by atoms with Crippen LogP contribution < -0.4 is 0 Å². The number of nitro benzene ring substituents is 1. The number of hydrogen-bond donors (Lipinski definition) is 1. The average molecular weight is 289 g/mol. The number of benzene rings is 2. The Hall–Kier alpha value is -1.85. The molecule has 0 aliphatic rings. The van der Waals surface area contributed by atoms with E-state index in [1.165, 1.54) is 17.8 Å². The lowest BCUT2D eigenvalue weighted by molar-refractivity contribution is -0.387. The highest BCUT2D eigenvalue weighted by atomic mass is 32.2. The van der Waals surface area contributed by atoms with Crippen LogP contribution in [-0.2, 0) is 0 Å². The molecule has 2 rings (SSSR count). The predicted octanol–water partition coefficient (Wildman–Crippen LogP) is 4.19. The zero-order chi connectivity index (χ0) is 14.5. The van der Waals surface area contributed by atoms with Gasteiger partial charge in [-0.25, -0.2) is 0 Å². The van der Waals surface area contributed by atoms with Crippen molar-refractivity contribution in [2.45, 2.75) is 29.2 Å². The van der Waals surface area contributed by atoms with Gasteiger partial charge in [0.1, 0.15) is 0 Å². The minimum Gasteiger partial charge on any atom is -0.388 e. The second-order valence-corrected chi connectivity index (χ2v) is 5.44. The molecule has 0 aliphatic carbocycles.